The summed E-state index contributed by atoms with van der Waals surface area (Å²) in [5.74, 6) is -1.21. The van der Waals surface area contributed by atoms with Gasteiger partial charge in [0.15, 0.2) is 4.80 Å². The predicted molar refractivity (Wildman–Crippen MR) is 85.5 cm³/mol. The molecule has 2 aromatic rings. The summed E-state index contributed by atoms with van der Waals surface area (Å²) in [5, 5.41) is 19.3. The molecule has 1 aliphatic heterocycles. The number of rotatable bonds is 1. The van der Waals surface area contributed by atoms with E-state index in [1.807, 2.05) is 25.1 Å². The fourth-order valence-electron chi connectivity index (χ4n) is 2.38. The molecule has 23 heavy (non-hydrogen) atoms. The van der Waals surface area contributed by atoms with Gasteiger partial charge in [-0.1, -0.05) is 29.5 Å². The standard InChI is InChI=1S/C16H13N3O3S/c1-8-4-3-5-10-6-11(14(21)18-13(8)10)7-12-15(22)19(9(2)20)16(17)23-12/h3-7,17,22H,1-2H3. The van der Waals surface area contributed by atoms with Crippen LogP contribution < -0.4 is 15.4 Å². The lowest BCUT2D eigenvalue weighted by atomic mass is 10.1. The van der Waals surface area contributed by atoms with Crippen LogP contribution in [0, 0.1) is 12.3 Å². The van der Waals surface area contributed by atoms with Crippen LogP contribution in [0.1, 0.15) is 22.2 Å². The second-order valence-electron chi connectivity index (χ2n) is 5.12. The van der Waals surface area contributed by atoms with Crippen molar-refractivity contribution in [2.45, 2.75) is 13.8 Å². The van der Waals surface area contributed by atoms with Crippen LogP contribution in [0.25, 0.3) is 12.2 Å². The van der Waals surface area contributed by atoms with Crippen LogP contribution in [0.15, 0.2) is 28.8 Å². The molecule has 7 heteroatoms. The number of para-hydroxylation sites is 1. The topological polar surface area (TPSA) is 95.5 Å². The fraction of sp³-hybridized carbons (Fsp3) is 0.125. The highest BCUT2D eigenvalue weighted by atomic mass is 32.1. The smallest absolute Gasteiger partial charge is 0.277 e. The number of fused-ring (bicyclic) bond motifs is 1. The quantitative estimate of drug-likeness (QED) is 0.756. The number of aromatic nitrogens is 1. The number of nitrogens with zero attached hydrogens (tertiary/aromatic N) is 2. The molecule has 0 saturated carbocycles. The lowest BCUT2D eigenvalue weighted by Crippen LogP contribution is -2.32. The van der Waals surface area contributed by atoms with Crippen molar-refractivity contribution in [2.75, 3.05) is 0 Å². The van der Waals surface area contributed by atoms with E-state index in [-0.39, 0.29) is 15.6 Å². The number of hydrogen-bond acceptors (Lipinski definition) is 5. The van der Waals surface area contributed by atoms with Crippen LogP contribution in [0.4, 0.5) is 0 Å². The first kappa shape index (κ1) is 15.1. The summed E-state index contributed by atoms with van der Waals surface area (Å²) in [6.45, 7) is 3.14. The molecule has 0 fully saturated rings. The van der Waals surface area contributed by atoms with E-state index in [1.165, 1.54) is 13.0 Å². The van der Waals surface area contributed by atoms with Gasteiger partial charge >= 0.3 is 0 Å². The number of thiazole rings is 1. The summed E-state index contributed by atoms with van der Waals surface area (Å²) in [6, 6.07) is 5.61. The number of hydrogen-bond donors (Lipinski definition) is 2. The molecule has 1 aromatic carbocycles. The Morgan fingerprint density at radius 1 is 1.43 bits per heavy atom. The van der Waals surface area contributed by atoms with Crippen LogP contribution >= 0.6 is 11.3 Å². The van der Waals surface area contributed by atoms with E-state index in [0.717, 1.165) is 26.7 Å². The number of nitrogens with one attached hydrogen (secondary N) is 1. The molecule has 2 N–H and O–H groups in total. The van der Waals surface area contributed by atoms with Gasteiger partial charge in [0.1, 0.15) is 0 Å². The molecule has 0 atom stereocenters. The molecule has 1 aliphatic rings. The van der Waals surface area contributed by atoms with E-state index in [9.17, 15) is 14.7 Å². The zero-order valence-electron chi connectivity index (χ0n) is 12.5. The number of aryl methyl sites for hydroxylation is 1. The Hall–Kier alpha value is -2.80. The summed E-state index contributed by atoms with van der Waals surface area (Å²) >= 11 is 0.918. The summed E-state index contributed by atoms with van der Waals surface area (Å²) in [4.78, 5) is 27.9. The molecule has 0 aliphatic carbocycles. The van der Waals surface area contributed by atoms with E-state index in [4.69, 9.17) is 5.41 Å². The van der Waals surface area contributed by atoms with E-state index >= 15 is 0 Å². The lowest BCUT2D eigenvalue weighted by Gasteiger charge is -2.05. The van der Waals surface area contributed by atoms with Gasteiger partial charge in [0.25, 0.3) is 5.91 Å². The molecule has 0 radical (unpaired) electrons. The second-order valence-corrected chi connectivity index (χ2v) is 6.15. The molecular formula is C16H13N3O3S. The Morgan fingerprint density at radius 3 is 2.83 bits per heavy atom. The number of carbonyl (C=O) groups excluding carboxylic acids is 2. The maximum Gasteiger partial charge on any atom is 0.277 e. The second kappa shape index (κ2) is 5.44. The Balaban J connectivity index is 2.19. The van der Waals surface area contributed by atoms with Crippen molar-refractivity contribution in [2.24, 2.45) is 4.99 Å². The Bertz CT molecular complexity index is 1060. The van der Waals surface area contributed by atoms with Gasteiger partial charge in [-0.2, -0.15) is 0 Å². The molecule has 2 heterocycles. The van der Waals surface area contributed by atoms with E-state index in [0.29, 0.717) is 10.9 Å². The highest BCUT2D eigenvalue weighted by Crippen LogP contribution is 2.23. The van der Waals surface area contributed by atoms with Gasteiger partial charge in [-0.25, -0.2) is 9.56 Å². The number of benzene rings is 1. The molecule has 1 amide bonds. The molecule has 3 rings (SSSR count). The van der Waals surface area contributed by atoms with E-state index in [2.05, 4.69) is 4.99 Å². The average molecular weight is 327 g/mol. The van der Waals surface area contributed by atoms with Gasteiger partial charge in [-0.15, -0.1) is 0 Å². The minimum atomic E-state index is -0.460. The summed E-state index contributed by atoms with van der Waals surface area (Å²) in [7, 11) is 0. The Kier molecular flexibility index (Phi) is 3.57. The third-order valence-electron chi connectivity index (χ3n) is 3.48. The highest BCUT2D eigenvalue weighted by Gasteiger charge is 2.17. The fourth-order valence-corrected chi connectivity index (χ4v) is 3.26. The van der Waals surface area contributed by atoms with Crippen molar-refractivity contribution >= 4 is 35.3 Å². The number of aromatic hydroxyl groups is 1. The van der Waals surface area contributed by atoms with Crippen molar-refractivity contribution in [1.82, 2.24) is 4.57 Å². The van der Waals surface area contributed by atoms with Gasteiger partial charge in [0.2, 0.25) is 11.8 Å². The Morgan fingerprint density at radius 2 is 2.17 bits per heavy atom. The van der Waals surface area contributed by atoms with Crippen molar-refractivity contribution in [3.8, 4) is 5.88 Å². The van der Waals surface area contributed by atoms with Crippen molar-refractivity contribution in [1.29, 1.82) is 5.41 Å². The summed E-state index contributed by atoms with van der Waals surface area (Å²) in [6.07, 6.45) is 3.15. The third kappa shape index (κ3) is 2.55. The first-order valence-electron chi connectivity index (χ1n) is 6.81. The van der Waals surface area contributed by atoms with Crippen LogP contribution in [0.2, 0.25) is 0 Å². The van der Waals surface area contributed by atoms with Gasteiger partial charge in [0.05, 0.1) is 10.2 Å². The van der Waals surface area contributed by atoms with Gasteiger partial charge < -0.3 is 5.11 Å². The van der Waals surface area contributed by atoms with E-state index in [1.54, 1.807) is 6.08 Å². The minimum absolute atomic E-state index is 0.0988. The molecule has 6 nitrogen and oxygen atoms in total. The van der Waals surface area contributed by atoms with Gasteiger partial charge in [-0.3, -0.25) is 15.0 Å². The first-order valence-corrected chi connectivity index (χ1v) is 7.62. The van der Waals surface area contributed by atoms with Crippen LogP contribution in [0.5, 0.6) is 5.88 Å². The zero-order chi connectivity index (χ0) is 16.7. The normalized spacial score (nSPS) is 15.0. The van der Waals surface area contributed by atoms with Crippen LogP contribution in [-0.2, 0) is 4.79 Å². The van der Waals surface area contributed by atoms with Crippen LogP contribution in [0.3, 0.4) is 0 Å². The highest BCUT2D eigenvalue weighted by molar-refractivity contribution is 7.10. The monoisotopic (exact) mass is 327 g/mol. The maximum absolute atomic E-state index is 12.2. The lowest BCUT2D eigenvalue weighted by molar-refractivity contribution is -0.114. The average Bonchev–Trinajstić information content (AvgIpc) is 2.75. The summed E-state index contributed by atoms with van der Waals surface area (Å²) in [5.41, 5.74) is 1.21. The van der Waals surface area contributed by atoms with Gasteiger partial charge in [0, 0.05) is 17.7 Å². The van der Waals surface area contributed by atoms with Crippen molar-refractivity contribution < 1.29 is 14.7 Å². The predicted octanol–water partition coefficient (Wildman–Crippen LogP) is 0.727. The largest absolute Gasteiger partial charge is 0.493 e. The third-order valence-corrected chi connectivity index (χ3v) is 4.38. The zero-order valence-corrected chi connectivity index (χ0v) is 13.3. The molecule has 0 unspecified atom stereocenters. The van der Waals surface area contributed by atoms with Crippen molar-refractivity contribution in [3.63, 3.8) is 0 Å². The SMILES string of the molecule is CC(=O)n1c(O)c(C=C2C=c3cccc(C)c3=NC2=O)sc1=N. The first-order chi connectivity index (χ1) is 10.9. The van der Waals surface area contributed by atoms with Gasteiger partial charge in [-0.05, 0) is 24.6 Å². The molecular weight excluding hydrogens is 314 g/mol. The molecule has 0 saturated heterocycles. The Labute approximate surface area is 134 Å². The number of carbonyl (C=O) groups is 2. The summed E-state index contributed by atoms with van der Waals surface area (Å²) < 4.78 is 0.888. The number of amides is 1. The molecule has 0 bridgehead atoms. The maximum atomic E-state index is 12.2. The van der Waals surface area contributed by atoms with Crippen molar-refractivity contribution in [3.05, 3.63) is 49.6 Å². The molecule has 0 spiro atoms. The van der Waals surface area contributed by atoms with E-state index < -0.39 is 11.8 Å². The molecule has 116 valence electrons. The molecule has 1 aromatic heterocycles. The minimum Gasteiger partial charge on any atom is -0.493 e. The van der Waals surface area contributed by atoms with Crippen LogP contribution in [-0.4, -0.2) is 21.5 Å².